The SMILES string of the molecule is CCOC(=O)[C@H]1C[C@@H](C(N)=O)N(C(=O)Nc2nc(C)c(-c3cc(C(C)(C)C(F)(F)F)oc(=O)c3)s2)C1. The summed E-state index contributed by atoms with van der Waals surface area (Å²) in [6, 6.07) is 0.382. The van der Waals surface area contributed by atoms with Crippen LogP contribution in [0.4, 0.5) is 23.1 Å². The number of esters is 1. The number of likely N-dealkylation sites (tertiary alicyclic amines) is 1. The Labute approximate surface area is 207 Å². The predicted molar refractivity (Wildman–Crippen MR) is 123 cm³/mol. The van der Waals surface area contributed by atoms with Crippen LogP contribution in [-0.4, -0.2) is 53.2 Å². The number of hydrogen-bond donors (Lipinski definition) is 2. The molecule has 2 aromatic rings. The average molecular weight is 531 g/mol. The highest BCUT2D eigenvalue weighted by Gasteiger charge is 2.51. The number of urea groups is 1. The molecule has 1 fully saturated rings. The van der Waals surface area contributed by atoms with E-state index in [0.717, 1.165) is 42.2 Å². The number of carbonyl (C=O) groups is 3. The normalized spacial score (nSPS) is 18.2. The van der Waals surface area contributed by atoms with Crippen molar-refractivity contribution >= 4 is 34.4 Å². The summed E-state index contributed by atoms with van der Waals surface area (Å²) in [5.74, 6) is -2.63. The Morgan fingerprint density at radius 3 is 2.56 bits per heavy atom. The lowest BCUT2D eigenvalue weighted by molar-refractivity contribution is -0.185. The molecule has 2 aromatic heterocycles. The molecule has 0 aliphatic carbocycles. The first-order valence-corrected chi connectivity index (χ1v) is 11.7. The number of nitrogens with two attached hydrogens (primary N) is 1. The molecule has 1 aliphatic heterocycles. The number of hydrogen-bond acceptors (Lipinski definition) is 8. The van der Waals surface area contributed by atoms with E-state index in [4.69, 9.17) is 14.9 Å². The van der Waals surface area contributed by atoms with Crippen molar-refractivity contribution in [3.63, 3.8) is 0 Å². The van der Waals surface area contributed by atoms with Crippen molar-refractivity contribution in [3.05, 3.63) is 34.0 Å². The van der Waals surface area contributed by atoms with Gasteiger partial charge in [0.05, 0.1) is 23.1 Å². The maximum absolute atomic E-state index is 13.5. The van der Waals surface area contributed by atoms with Crippen LogP contribution in [0.5, 0.6) is 0 Å². The van der Waals surface area contributed by atoms with Gasteiger partial charge in [-0.1, -0.05) is 11.3 Å². The van der Waals surface area contributed by atoms with Crippen molar-refractivity contribution < 1.29 is 36.7 Å². The maximum Gasteiger partial charge on any atom is 0.400 e. The van der Waals surface area contributed by atoms with Crippen molar-refractivity contribution in [1.29, 1.82) is 0 Å². The number of anilines is 1. The van der Waals surface area contributed by atoms with Crippen LogP contribution in [-0.2, 0) is 19.7 Å². The molecule has 0 radical (unpaired) electrons. The standard InChI is InChI=1S/C22H25F3N4O6S/c1-5-34-18(32)12-6-13(17(26)31)29(9-12)20(33)28-19-27-10(2)16(36-19)11-7-14(35-15(30)8-11)21(3,4)22(23,24)25/h7-8,12-13H,5-6,9H2,1-4H3,(H2,26,31)(H,27,28,33)/t12-,13-/m0/s1. The first-order valence-electron chi connectivity index (χ1n) is 10.9. The lowest BCUT2D eigenvalue weighted by Gasteiger charge is -2.26. The van der Waals surface area contributed by atoms with E-state index in [-0.39, 0.29) is 30.3 Å². The second kappa shape index (κ2) is 9.91. The summed E-state index contributed by atoms with van der Waals surface area (Å²) in [5.41, 5.74) is 2.51. The van der Waals surface area contributed by atoms with Gasteiger partial charge < -0.3 is 19.8 Å². The number of rotatable bonds is 6. The highest BCUT2D eigenvalue weighted by Crippen LogP contribution is 2.42. The zero-order valence-electron chi connectivity index (χ0n) is 19.9. The highest BCUT2D eigenvalue weighted by atomic mass is 32.1. The molecule has 0 aromatic carbocycles. The Hall–Kier alpha value is -3.42. The summed E-state index contributed by atoms with van der Waals surface area (Å²) < 4.78 is 50.3. The minimum Gasteiger partial charge on any atom is -0.466 e. The summed E-state index contributed by atoms with van der Waals surface area (Å²) in [5, 5.41) is 2.60. The van der Waals surface area contributed by atoms with Crippen LogP contribution < -0.4 is 16.7 Å². The van der Waals surface area contributed by atoms with Gasteiger partial charge in [-0.25, -0.2) is 14.6 Å². The van der Waals surface area contributed by atoms with Crippen molar-refractivity contribution in [1.82, 2.24) is 9.88 Å². The zero-order chi connectivity index (χ0) is 27.0. The Kier molecular flexibility index (Phi) is 7.48. The molecule has 3 rings (SSSR count). The van der Waals surface area contributed by atoms with Crippen LogP contribution in [0.15, 0.2) is 21.3 Å². The Bertz CT molecular complexity index is 1240. The van der Waals surface area contributed by atoms with Crippen molar-refractivity contribution in [2.75, 3.05) is 18.5 Å². The molecule has 0 saturated carbocycles. The molecule has 14 heteroatoms. The molecule has 0 unspecified atom stereocenters. The van der Waals surface area contributed by atoms with Crippen molar-refractivity contribution in [3.8, 4) is 10.4 Å². The molecule has 1 saturated heterocycles. The lowest BCUT2D eigenvalue weighted by atomic mass is 9.88. The fourth-order valence-corrected chi connectivity index (χ4v) is 4.64. The molecule has 10 nitrogen and oxygen atoms in total. The average Bonchev–Trinajstić information content (AvgIpc) is 3.37. The fourth-order valence-electron chi connectivity index (χ4n) is 3.70. The molecule has 3 N–H and O–H groups in total. The third-order valence-electron chi connectivity index (χ3n) is 5.88. The van der Waals surface area contributed by atoms with E-state index in [1.54, 1.807) is 13.8 Å². The number of carbonyl (C=O) groups excluding carboxylic acids is 3. The van der Waals surface area contributed by atoms with Gasteiger partial charge in [0.15, 0.2) is 5.13 Å². The van der Waals surface area contributed by atoms with Crippen LogP contribution in [0.1, 0.15) is 38.6 Å². The highest BCUT2D eigenvalue weighted by molar-refractivity contribution is 7.19. The third-order valence-corrected chi connectivity index (χ3v) is 7.00. The van der Waals surface area contributed by atoms with E-state index >= 15 is 0 Å². The molecule has 196 valence electrons. The smallest absolute Gasteiger partial charge is 0.400 e. The molecule has 36 heavy (non-hydrogen) atoms. The lowest BCUT2D eigenvalue weighted by Crippen LogP contribution is -2.45. The molecule has 0 bridgehead atoms. The molecular formula is C22H25F3N4O6S. The number of nitrogens with one attached hydrogen (secondary N) is 1. The van der Waals surface area contributed by atoms with E-state index in [1.165, 1.54) is 0 Å². The van der Waals surface area contributed by atoms with Crippen molar-refractivity contribution in [2.24, 2.45) is 11.7 Å². The van der Waals surface area contributed by atoms with Gasteiger partial charge in [0.25, 0.3) is 0 Å². The van der Waals surface area contributed by atoms with E-state index in [2.05, 4.69) is 10.3 Å². The molecular weight excluding hydrogens is 505 g/mol. The molecule has 3 amide bonds. The second-order valence-corrected chi connectivity index (χ2v) is 9.77. The maximum atomic E-state index is 13.5. The third kappa shape index (κ3) is 5.37. The zero-order valence-corrected chi connectivity index (χ0v) is 20.7. The van der Waals surface area contributed by atoms with Gasteiger partial charge in [-0.3, -0.25) is 14.9 Å². The number of thiazole rings is 1. The number of ether oxygens (including phenoxy) is 1. The molecule has 3 heterocycles. The first-order chi connectivity index (χ1) is 16.7. The number of primary amides is 1. The summed E-state index contributed by atoms with van der Waals surface area (Å²) in [7, 11) is 0. The van der Waals surface area contributed by atoms with Gasteiger partial charge in [0.1, 0.15) is 17.2 Å². The largest absolute Gasteiger partial charge is 0.466 e. The van der Waals surface area contributed by atoms with Crippen LogP contribution in [0.25, 0.3) is 10.4 Å². The van der Waals surface area contributed by atoms with E-state index in [1.807, 2.05) is 0 Å². The van der Waals surface area contributed by atoms with Crippen LogP contribution >= 0.6 is 11.3 Å². The molecule has 0 spiro atoms. The number of aryl methyl sites for hydroxylation is 1. The summed E-state index contributed by atoms with van der Waals surface area (Å²) in [6.45, 7) is 5.04. The Morgan fingerprint density at radius 1 is 1.31 bits per heavy atom. The number of alkyl halides is 3. The quantitative estimate of drug-likeness (QED) is 0.546. The van der Waals surface area contributed by atoms with Gasteiger partial charge >= 0.3 is 23.8 Å². The monoisotopic (exact) mass is 530 g/mol. The van der Waals surface area contributed by atoms with Crippen molar-refractivity contribution in [2.45, 2.75) is 51.7 Å². The van der Waals surface area contributed by atoms with Gasteiger partial charge in [0, 0.05) is 18.2 Å². The summed E-state index contributed by atoms with van der Waals surface area (Å²) >= 11 is 0.921. The van der Waals surface area contributed by atoms with E-state index < -0.39 is 52.8 Å². The minimum absolute atomic E-state index is 0.0152. The number of halogens is 3. The Balaban J connectivity index is 1.86. The fraction of sp³-hybridized carbons (Fsp3) is 0.500. The minimum atomic E-state index is -4.67. The Morgan fingerprint density at radius 2 is 1.97 bits per heavy atom. The predicted octanol–water partition coefficient (Wildman–Crippen LogP) is 3.18. The summed E-state index contributed by atoms with van der Waals surface area (Å²) in [6.07, 6.45) is -4.65. The topological polar surface area (TPSA) is 145 Å². The number of amides is 3. The van der Waals surface area contributed by atoms with E-state index in [9.17, 15) is 32.3 Å². The number of aromatic nitrogens is 1. The van der Waals surface area contributed by atoms with Crippen LogP contribution in [0.2, 0.25) is 0 Å². The van der Waals surface area contributed by atoms with Gasteiger partial charge in [-0.15, -0.1) is 0 Å². The van der Waals surface area contributed by atoms with Gasteiger partial charge in [0.2, 0.25) is 5.91 Å². The molecule has 1 aliphatic rings. The second-order valence-electron chi connectivity index (χ2n) is 8.77. The van der Waals surface area contributed by atoms with E-state index in [0.29, 0.717) is 10.6 Å². The van der Waals surface area contributed by atoms with Gasteiger partial charge in [-0.05, 0) is 40.2 Å². The van der Waals surface area contributed by atoms with Crippen LogP contribution in [0, 0.1) is 12.8 Å². The summed E-state index contributed by atoms with van der Waals surface area (Å²) in [4.78, 5) is 54.6. The van der Waals surface area contributed by atoms with Crippen LogP contribution in [0.3, 0.4) is 0 Å². The molecule has 2 atom stereocenters. The van der Waals surface area contributed by atoms with Gasteiger partial charge in [-0.2, -0.15) is 13.2 Å². The first kappa shape index (κ1) is 27.2. The number of nitrogens with zero attached hydrogens (tertiary/aromatic N) is 2.